The molecule has 154 valence electrons. The fourth-order valence-corrected chi connectivity index (χ4v) is 5.16. The normalized spacial score (nSPS) is 17.0. The van der Waals surface area contributed by atoms with Gasteiger partial charge in [-0.15, -0.1) is 11.8 Å². The quantitative estimate of drug-likeness (QED) is 0.470. The van der Waals surface area contributed by atoms with Gasteiger partial charge >= 0.3 is 0 Å². The second-order valence-electron chi connectivity index (χ2n) is 7.47. The van der Waals surface area contributed by atoms with Gasteiger partial charge in [-0.3, -0.25) is 4.79 Å². The Morgan fingerprint density at radius 2 is 1.77 bits per heavy atom. The number of rotatable bonds is 7. The third-order valence-corrected chi connectivity index (χ3v) is 6.73. The summed E-state index contributed by atoms with van der Waals surface area (Å²) in [5.74, 6) is 1.92. The SMILES string of the molecule is CC[C@H](C(=O)N1CCS[C@@H]1c1cccc(OCc2ccccc2)c1)c1ccccc1. The van der Waals surface area contributed by atoms with Crippen LogP contribution < -0.4 is 4.74 Å². The minimum Gasteiger partial charge on any atom is -0.489 e. The predicted octanol–water partition coefficient (Wildman–Crippen LogP) is 6.03. The third kappa shape index (κ3) is 4.71. The van der Waals surface area contributed by atoms with Crippen LogP contribution >= 0.6 is 11.8 Å². The topological polar surface area (TPSA) is 29.5 Å². The van der Waals surface area contributed by atoms with Gasteiger partial charge < -0.3 is 9.64 Å². The van der Waals surface area contributed by atoms with Gasteiger partial charge in [-0.25, -0.2) is 0 Å². The summed E-state index contributed by atoms with van der Waals surface area (Å²) < 4.78 is 6.01. The zero-order valence-electron chi connectivity index (χ0n) is 17.2. The zero-order valence-corrected chi connectivity index (χ0v) is 18.1. The van der Waals surface area contributed by atoms with E-state index in [2.05, 4.69) is 43.3 Å². The molecular formula is C26H27NO2S. The highest BCUT2D eigenvalue weighted by Crippen LogP contribution is 2.41. The van der Waals surface area contributed by atoms with Crippen LogP contribution in [0.4, 0.5) is 0 Å². The molecule has 3 aromatic carbocycles. The molecule has 1 fully saturated rings. The van der Waals surface area contributed by atoms with Crippen molar-refractivity contribution in [1.29, 1.82) is 0 Å². The molecule has 3 aromatic rings. The van der Waals surface area contributed by atoms with Crippen LogP contribution in [0.25, 0.3) is 0 Å². The third-order valence-electron chi connectivity index (χ3n) is 5.47. The van der Waals surface area contributed by atoms with Crippen LogP contribution in [0, 0.1) is 0 Å². The first-order valence-electron chi connectivity index (χ1n) is 10.5. The fourth-order valence-electron chi connectivity index (χ4n) is 3.91. The summed E-state index contributed by atoms with van der Waals surface area (Å²) in [5.41, 5.74) is 3.36. The van der Waals surface area contributed by atoms with E-state index in [1.807, 2.05) is 65.2 Å². The monoisotopic (exact) mass is 417 g/mol. The number of ether oxygens (including phenoxy) is 1. The summed E-state index contributed by atoms with van der Waals surface area (Å²) in [6, 6.07) is 28.5. The Labute approximate surface area is 183 Å². The van der Waals surface area contributed by atoms with Crippen LogP contribution in [0.1, 0.15) is 41.3 Å². The molecule has 0 saturated carbocycles. The van der Waals surface area contributed by atoms with Gasteiger partial charge in [0, 0.05) is 12.3 Å². The van der Waals surface area contributed by atoms with Crippen molar-refractivity contribution < 1.29 is 9.53 Å². The summed E-state index contributed by atoms with van der Waals surface area (Å²) in [6.07, 6.45) is 0.803. The van der Waals surface area contributed by atoms with Crippen LogP contribution in [0.15, 0.2) is 84.9 Å². The predicted molar refractivity (Wildman–Crippen MR) is 124 cm³/mol. The maximum atomic E-state index is 13.4. The number of amides is 1. The Kier molecular flexibility index (Phi) is 6.75. The minimum absolute atomic E-state index is 0.0375. The Hall–Kier alpha value is -2.72. The second-order valence-corrected chi connectivity index (χ2v) is 8.66. The van der Waals surface area contributed by atoms with E-state index in [9.17, 15) is 4.79 Å². The number of hydrogen-bond donors (Lipinski definition) is 0. The number of hydrogen-bond acceptors (Lipinski definition) is 3. The van der Waals surface area contributed by atoms with Crippen LogP contribution in [0.5, 0.6) is 5.75 Å². The summed E-state index contributed by atoms with van der Waals surface area (Å²) >= 11 is 1.83. The number of carbonyl (C=O) groups is 1. The van der Waals surface area contributed by atoms with Crippen molar-refractivity contribution in [2.45, 2.75) is 31.2 Å². The lowest BCUT2D eigenvalue weighted by molar-refractivity contribution is -0.133. The highest BCUT2D eigenvalue weighted by molar-refractivity contribution is 7.99. The van der Waals surface area contributed by atoms with Crippen molar-refractivity contribution in [3.8, 4) is 5.75 Å². The van der Waals surface area contributed by atoms with E-state index in [4.69, 9.17) is 4.74 Å². The van der Waals surface area contributed by atoms with Crippen LogP contribution in [0.2, 0.25) is 0 Å². The van der Waals surface area contributed by atoms with Crippen molar-refractivity contribution in [1.82, 2.24) is 4.90 Å². The van der Waals surface area contributed by atoms with Gasteiger partial charge in [-0.2, -0.15) is 0 Å². The highest BCUT2D eigenvalue weighted by Gasteiger charge is 2.34. The first-order valence-corrected chi connectivity index (χ1v) is 11.5. The zero-order chi connectivity index (χ0) is 20.8. The van der Waals surface area contributed by atoms with Gasteiger partial charge in [-0.1, -0.05) is 79.7 Å². The van der Waals surface area contributed by atoms with Crippen LogP contribution in [0.3, 0.4) is 0 Å². The van der Waals surface area contributed by atoms with Gasteiger partial charge in [0.15, 0.2) is 0 Å². The number of nitrogens with zero attached hydrogens (tertiary/aromatic N) is 1. The summed E-state index contributed by atoms with van der Waals surface area (Å²) in [4.78, 5) is 15.5. The highest BCUT2D eigenvalue weighted by atomic mass is 32.2. The van der Waals surface area contributed by atoms with Gasteiger partial charge in [0.2, 0.25) is 5.91 Å². The molecule has 0 spiro atoms. The van der Waals surface area contributed by atoms with E-state index in [1.54, 1.807) is 0 Å². The first kappa shape index (κ1) is 20.5. The van der Waals surface area contributed by atoms with Crippen molar-refractivity contribution in [2.24, 2.45) is 0 Å². The standard InChI is InChI=1S/C26H27NO2S/c1-2-24(21-12-7-4-8-13-21)25(28)27-16-17-30-26(27)22-14-9-15-23(18-22)29-19-20-10-5-3-6-11-20/h3-15,18,24,26H,2,16-17,19H2,1H3/t24-,26+/m0/s1. The molecule has 1 aliphatic rings. The lowest BCUT2D eigenvalue weighted by Crippen LogP contribution is -2.34. The summed E-state index contributed by atoms with van der Waals surface area (Å²) in [5, 5.41) is 0.0375. The minimum atomic E-state index is -0.0927. The maximum Gasteiger partial charge on any atom is 0.231 e. The molecule has 0 radical (unpaired) electrons. The number of carbonyl (C=O) groups excluding carboxylic acids is 1. The molecule has 2 atom stereocenters. The van der Waals surface area contributed by atoms with Crippen molar-refractivity contribution >= 4 is 17.7 Å². The molecular weight excluding hydrogens is 390 g/mol. The van der Waals surface area contributed by atoms with Gasteiger partial charge in [0.25, 0.3) is 0 Å². The Balaban J connectivity index is 1.49. The average molecular weight is 418 g/mol. The largest absolute Gasteiger partial charge is 0.489 e. The maximum absolute atomic E-state index is 13.4. The molecule has 4 rings (SSSR count). The molecule has 30 heavy (non-hydrogen) atoms. The Bertz CT molecular complexity index is 961. The molecule has 0 unspecified atom stereocenters. The van der Waals surface area contributed by atoms with Crippen molar-refractivity contribution in [3.05, 3.63) is 102 Å². The van der Waals surface area contributed by atoms with E-state index in [0.717, 1.165) is 41.2 Å². The van der Waals surface area contributed by atoms with Crippen LogP contribution in [-0.4, -0.2) is 23.1 Å². The van der Waals surface area contributed by atoms with Crippen molar-refractivity contribution in [2.75, 3.05) is 12.3 Å². The molecule has 0 N–H and O–H groups in total. The van der Waals surface area contributed by atoms with E-state index >= 15 is 0 Å². The molecule has 0 bridgehead atoms. The lowest BCUT2D eigenvalue weighted by atomic mass is 9.95. The lowest BCUT2D eigenvalue weighted by Gasteiger charge is -2.28. The summed E-state index contributed by atoms with van der Waals surface area (Å²) in [6.45, 7) is 3.41. The van der Waals surface area contributed by atoms with E-state index in [-0.39, 0.29) is 17.2 Å². The van der Waals surface area contributed by atoms with E-state index in [1.165, 1.54) is 0 Å². The molecule has 0 aliphatic carbocycles. The second kappa shape index (κ2) is 9.86. The smallest absolute Gasteiger partial charge is 0.231 e. The first-order chi connectivity index (χ1) is 14.8. The number of benzene rings is 3. The average Bonchev–Trinajstić information content (AvgIpc) is 3.30. The molecule has 1 aliphatic heterocycles. The molecule has 3 nitrogen and oxygen atoms in total. The van der Waals surface area contributed by atoms with E-state index in [0.29, 0.717) is 6.61 Å². The molecule has 0 aromatic heterocycles. The van der Waals surface area contributed by atoms with Gasteiger partial charge in [0.05, 0.1) is 5.92 Å². The summed E-state index contributed by atoms with van der Waals surface area (Å²) in [7, 11) is 0. The molecule has 1 heterocycles. The molecule has 1 amide bonds. The van der Waals surface area contributed by atoms with Gasteiger partial charge in [-0.05, 0) is 35.2 Å². The Morgan fingerprint density at radius 1 is 1.03 bits per heavy atom. The Morgan fingerprint density at radius 3 is 2.50 bits per heavy atom. The molecule has 1 saturated heterocycles. The van der Waals surface area contributed by atoms with Gasteiger partial charge in [0.1, 0.15) is 17.7 Å². The number of thioether (sulfide) groups is 1. The van der Waals surface area contributed by atoms with Crippen molar-refractivity contribution in [3.63, 3.8) is 0 Å². The van der Waals surface area contributed by atoms with E-state index < -0.39 is 0 Å². The molecule has 4 heteroatoms. The fraction of sp³-hybridized carbons (Fsp3) is 0.269. The van der Waals surface area contributed by atoms with Crippen LogP contribution in [-0.2, 0) is 11.4 Å².